The van der Waals surface area contributed by atoms with Crippen LogP contribution in [0.5, 0.6) is 0 Å². The first kappa shape index (κ1) is 20.6. The minimum Gasteiger partial charge on any atom is -1.00 e. The summed E-state index contributed by atoms with van der Waals surface area (Å²) in [7, 11) is 0. The molecule has 1 aromatic carbocycles. The molecule has 0 atom stereocenters. The van der Waals surface area contributed by atoms with E-state index in [1.54, 1.807) is 13.0 Å². The molecule has 0 aliphatic heterocycles. The van der Waals surface area contributed by atoms with Crippen molar-refractivity contribution in [2.24, 2.45) is 0 Å². The first-order chi connectivity index (χ1) is 10.8. The Morgan fingerprint density at radius 3 is 2.62 bits per heavy atom. The highest BCUT2D eigenvalue weighted by Gasteiger charge is 2.26. The highest BCUT2D eigenvalue weighted by Crippen LogP contribution is 2.21. The number of Topliss-reactive ketones (excluding diaryl/α,β-unsaturated/α-hetero) is 1. The van der Waals surface area contributed by atoms with Crippen LogP contribution in [0.25, 0.3) is 0 Å². The number of hydrogen-bond donors (Lipinski definition) is 1. The van der Waals surface area contributed by atoms with Crippen molar-refractivity contribution in [1.82, 2.24) is 4.57 Å². The van der Waals surface area contributed by atoms with Crippen LogP contribution in [0.4, 0.5) is 5.82 Å². The number of halogens is 3. The molecule has 24 heavy (non-hydrogen) atoms. The molecular formula is C14H14BrCl2N3O4. The first-order valence-electron chi connectivity index (χ1n) is 6.68. The fraction of sp³-hybridized carbons (Fsp3) is 0.286. The van der Waals surface area contributed by atoms with Gasteiger partial charge in [-0.25, -0.2) is 4.57 Å². The van der Waals surface area contributed by atoms with Crippen LogP contribution in [0.2, 0.25) is 10.0 Å². The smallest absolute Gasteiger partial charge is 0.365 e. The molecule has 0 spiro atoms. The molecule has 0 radical (unpaired) electrons. The number of carbonyl (C=O) groups excluding carboxylic acids is 1. The van der Waals surface area contributed by atoms with E-state index < -0.39 is 4.92 Å². The van der Waals surface area contributed by atoms with Crippen LogP contribution in [-0.4, -0.2) is 27.0 Å². The third kappa shape index (κ3) is 4.32. The van der Waals surface area contributed by atoms with Crippen LogP contribution >= 0.6 is 23.2 Å². The van der Waals surface area contributed by atoms with E-state index in [4.69, 9.17) is 28.3 Å². The molecule has 7 nitrogen and oxygen atoms in total. The van der Waals surface area contributed by atoms with Gasteiger partial charge >= 0.3 is 5.82 Å². The molecule has 1 heterocycles. The molecule has 0 saturated heterocycles. The SMILES string of the molecule is Cc1n(CCO)c([N+](=O)[O-])c[n+]1CC(=O)c1ccc(Cl)cc1Cl.[Br-]. The standard InChI is InChI=1S/C14H14Cl2N3O4.BrH/c1-9-17(8-14(19(22)23)18(9)4-5-20)7-13(21)11-3-2-10(15)6-12(11)16;/h2-3,6,8,20H,4-5,7H2,1H3;1H/q+1;/p-1. The zero-order valence-corrected chi connectivity index (χ0v) is 15.7. The van der Waals surface area contributed by atoms with E-state index in [-0.39, 0.29) is 53.3 Å². The predicted octanol–water partition coefficient (Wildman–Crippen LogP) is -0.822. The average Bonchev–Trinajstić information content (AvgIpc) is 2.77. The van der Waals surface area contributed by atoms with Crippen molar-refractivity contribution in [2.45, 2.75) is 20.0 Å². The molecule has 0 aliphatic rings. The van der Waals surface area contributed by atoms with Crippen molar-refractivity contribution in [3.63, 3.8) is 0 Å². The molecule has 10 heteroatoms. The van der Waals surface area contributed by atoms with Crippen molar-refractivity contribution < 1.29 is 36.4 Å². The molecule has 0 saturated carbocycles. The summed E-state index contributed by atoms with van der Waals surface area (Å²) >= 11 is 11.8. The Labute approximate surface area is 158 Å². The van der Waals surface area contributed by atoms with Gasteiger partial charge in [0.05, 0.1) is 11.6 Å². The fourth-order valence-electron chi connectivity index (χ4n) is 2.26. The number of nitro groups is 1. The van der Waals surface area contributed by atoms with Gasteiger partial charge in [0.25, 0.3) is 5.82 Å². The van der Waals surface area contributed by atoms with Gasteiger partial charge in [-0.05, 0) is 23.1 Å². The lowest BCUT2D eigenvalue weighted by molar-refractivity contribution is -0.689. The van der Waals surface area contributed by atoms with Gasteiger partial charge in [0.1, 0.15) is 6.54 Å². The van der Waals surface area contributed by atoms with E-state index in [1.165, 1.54) is 27.5 Å². The second kappa shape index (κ2) is 8.57. The van der Waals surface area contributed by atoms with Gasteiger partial charge in [0, 0.05) is 17.5 Å². The molecule has 0 aliphatic carbocycles. The number of ketones is 1. The number of imidazole rings is 1. The lowest BCUT2D eigenvalue weighted by atomic mass is 10.1. The number of aliphatic hydroxyl groups is 1. The Morgan fingerprint density at radius 1 is 1.42 bits per heavy atom. The average molecular weight is 439 g/mol. The number of aromatic nitrogens is 2. The summed E-state index contributed by atoms with van der Waals surface area (Å²) in [4.78, 5) is 22.9. The van der Waals surface area contributed by atoms with Gasteiger partial charge in [-0.3, -0.25) is 4.79 Å². The van der Waals surface area contributed by atoms with Crippen molar-refractivity contribution in [2.75, 3.05) is 6.61 Å². The normalized spacial score (nSPS) is 10.3. The van der Waals surface area contributed by atoms with E-state index in [9.17, 15) is 14.9 Å². The monoisotopic (exact) mass is 437 g/mol. The van der Waals surface area contributed by atoms with E-state index in [2.05, 4.69) is 0 Å². The van der Waals surface area contributed by atoms with Gasteiger partial charge in [-0.2, -0.15) is 4.57 Å². The van der Waals surface area contributed by atoms with Crippen molar-refractivity contribution in [3.05, 3.63) is 55.9 Å². The molecule has 0 fully saturated rings. The molecule has 1 aromatic heterocycles. The topological polar surface area (TPSA) is 89.2 Å². The van der Waals surface area contributed by atoms with Gasteiger partial charge in [-0.1, -0.05) is 23.2 Å². The quantitative estimate of drug-likeness (QED) is 0.276. The Bertz CT molecular complexity index is 780. The number of nitrogens with zero attached hydrogens (tertiary/aromatic N) is 3. The summed E-state index contributed by atoms with van der Waals surface area (Å²) in [5.41, 5.74) is 0.292. The minimum absolute atomic E-state index is 0. The summed E-state index contributed by atoms with van der Waals surface area (Å²) in [6.45, 7) is 1.37. The van der Waals surface area contributed by atoms with Crippen LogP contribution in [0, 0.1) is 17.0 Å². The van der Waals surface area contributed by atoms with Crippen molar-refractivity contribution in [3.8, 4) is 0 Å². The van der Waals surface area contributed by atoms with Crippen LogP contribution in [0.15, 0.2) is 24.4 Å². The molecule has 130 valence electrons. The van der Waals surface area contributed by atoms with Gasteiger partial charge in [0.2, 0.25) is 5.78 Å². The lowest BCUT2D eigenvalue weighted by Gasteiger charge is -2.03. The van der Waals surface area contributed by atoms with Crippen LogP contribution in [0.3, 0.4) is 0 Å². The number of rotatable bonds is 6. The van der Waals surface area contributed by atoms with Gasteiger partial charge in [-0.15, -0.1) is 0 Å². The van der Waals surface area contributed by atoms with Crippen LogP contribution < -0.4 is 21.5 Å². The highest BCUT2D eigenvalue weighted by molar-refractivity contribution is 6.36. The zero-order chi connectivity index (χ0) is 17.1. The largest absolute Gasteiger partial charge is 1.00 e. The second-order valence-corrected chi connectivity index (χ2v) is 5.69. The van der Waals surface area contributed by atoms with E-state index >= 15 is 0 Å². The number of benzene rings is 1. The third-order valence-corrected chi connectivity index (χ3v) is 3.96. The summed E-state index contributed by atoms with van der Waals surface area (Å²) in [5, 5.41) is 20.8. The van der Waals surface area contributed by atoms with E-state index in [0.29, 0.717) is 16.4 Å². The van der Waals surface area contributed by atoms with E-state index in [1.807, 2.05) is 0 Å². The van der Waals surface area contributed by atoms with Crippen molar-refractivity contribution in [1.29, 1.82) is 0 Å². The van der Waals surface area contributed by atoms with E-state index in [0.717, 1.165) is 0 Å². The number of hydrogen-bond acceptors (Lipinski definition) is 4. The Kier molecular flexibility index (Phi) is 7.34. The van der Waals surface area contributed by atoms with Crippen molar-refractivity contribution >= 4 is 34.8 Å². The molecule has 0 amide bonds. The third-order valence-electron chi connectivity index (χ3n) is 3.41. The minimum atomic E-state index is -0.557. The maximum atomic E-state index is 12.4. The maximum absolute atomic E-state index is 12.4. The molecule has 2 aromatic rings. The molecule has 0 unspecified atom stereocenters. The first-order valence-corrected chi connectivity index (χ1v) is 7.43. The molecule has 0 bridgehead atoms. The fourth-order valence-corrected chi connectivity index (χ4v) is 2.77. The Morgan fingerprint density at radius 2 is 2.08 bits per heavy atom. The summed E-state index contributed by atoms with van der Waals surface area (Å²) in [6.07, 6.45) is 1.27. The second-order valence-electron chi connectivity index (χ2n) is 4.84. The van der Waals surface area contributed by atoms with Crippen LogP contribution in [0.1, 0.15) is 16.2 Å². The molecule has 2 rings (SSSR count). The Balaban J connectivity index is 0.00000288. The molecular weight excluding hydrogens is 425 g/mol. The maximum Gasteiger partial charge on any atom is 0.365 e. The number of aliphatic hydroxyl groups excluding tert-OH is 1. The predicted molar refractivity (Wildman–Crippen MR) is 83.9 cm³/mol. The molecule has 1 N–H and O–H groups in total. The van der Waals surface area contributed by atoms with Gasteiger partial charge < -0.3 is 32.2 Å². The summed E-state index contributed by atoms with van der Waals surface area (Å²) in [5.74, 6) is 0.00607. The zero-order valence-electron chi connectivity index (χ0n) is 12.6. The summed E-state index contributed by atoms with van der Waals surface area (Å²) in [6, 6.07) is 4.53. The van der Waals surface area contributed by atoms with Gasteiger partial charge in [0.15, 0.2) is 12.7 Å². The lowest BCUT2D eigenvalue weighted by Crippen LogP contribution is -3.00. The summed E-state index contributed by atoms with van der Waals surface area (Å²) < 4.78 is 2.80. The Hall–Kier alpha value is -1.48. The van der Waals surface area contributed by atoms with Crippen LogP contribution in [-0.2, 0) is 13.1 Å². The highest BCUT2D eigenvalue weighted by atomic mass is 79.9. The number of carbonyl (C=O) groups is 1.